The zero-order valence-electron chi connectivity index (χ0n) is 16.7. The van der Waals surface area contributed by atoms with Crippen LogP contribution < -0.4 is 5.56 Å². The van der Waals surface area contributed by atoms with E-state index in [1.165, 1.54) is 0 Å². The summed E-state index contributed by atoms with van der Waals surface area (Å²) in [7, 11) is 2.16. The Labute approximate surface area is 170 Å². The molecule has 1 saturated heterocycles. The van der Waals surface area contributed by atoms with E-state index in [0.29, 0.717) is 23.4 Å². The van der Waals surface area contributed by atoms with Crippen molar-refractivity contribution in [3.8, 4) is 0 Å². The average Bonchev–Trinajstić information content (AvgIpc) is 2.76. The lowest BCUT2D eigenvalue weighted by Crippen LogP contribution is -2.44. The number of rotatable bonds is 6. The average molecular weight is 390 g/mol. The van der Waals surface area contributed by atoms with E-state index in [0.717, 1.165) is 44.7 Å². The number of likely N-dealkylation sites (N-methyl/N-ethyl adjacent to an activating group) is 1. The molecule has 0 N–H and O–H groups in total. The molecule has 3 aromatic heterocycles. The van der Waals surface area contributed by atoms with E-state index in [-0.39, 0.29) is 5.56 Å². The molecular formula is C22H26N6O. The SMILES string of the molecule is CN1CCN(CCCn2c(/C=C/c3cccnc3)nc3ncccc3c2=O)CC1. The fourth-order valence-electron chi connectivity index (χ4n) is 3.58. The molecule has 0 radical (unpaired) electrons. The van der Waals surface area contributed by atoms with Gasteiger partial charge in [0, 0.05) is 51.3 Å². The Balaban J connectivity index is 1.57. The fraction of sp³-hybridized carbons (Fsp3) is 0.364. The van der Waals surface area contributed by atoms with Crippen LogP contribution in [0, 0.1) is 0 Å². The van der Waals surface area contributed by atoms with Crippen LogP contribution in [-0.2, 0) is 6.54 Å². The molecule has 0 aliphatic carbocycles. The quantitative estimate of drug-likeness (QED) is 0.641. The lowest BCUT2D eigenvalue weighted by molar-refractivity contribution is 0.151. The first kappa shape index (κ1) is 19.4. The summed E-state index contributed by atoms with van der Waals surface area (Å²) in [6.45, 7) is 5.98. The molecule has 1 aliphatic rings. The number of hydrogen-bond acceptors (Lipinski definition) is 6. The molecule has 0 atom stereocenters. The molecule has 1 fully saturated rings. The Morgan fingerprint density at radius 3 is 2.66 bits per heavy atom. The number of fused-ring (bicyclic) bond motifs is 1. The minimum Gasteiger partial charge on any atom is -0.304 e. The lowest BCUT2D eigenvalue weighted by Gasteiger charge is -2.32. The van der Waals surface area contributed by atoms with E-state index in [1.54, 1.807) is 35.3 Å². The van der Waals surface area contributed by atoms with Crippen molar-refractivity contribution >= 4 is 23.2 Å². The molecule has 4 rings (SSSR count). The normalized spacial score (nSPS) is 16.0. The van der Waals surface area contributed by atoms with Gasteiger partial charge in [0.25, 0.3) is 5.56 Å². The van der Waals surface area contributed by atoms with Crippen molar-refractivity contribution in [3.63, 3.8) is 0 Å². The Morgan fingerprint density at radius 1 is 1.03 bits per heavy atom. The van der Waals surface area contributed by atoms with Gasteiger partial charge in [-0.05, 0) is 55.9 Å². The lowest BCUT2D eigenvalue weighted by atomic mass is 10.2. The van der Waals surface area contributed by atoms with Crippen molar-refractivity contribution in [3.05, 3.63) is 64.6 Å². The number of piperazine rings is 1. The summed E-state index contributed by atoms with van der Waals surface area (Å²) in [5.41, 5.74) is 1.41. The monoisotopic (exact) mass is 390 g/mol. The van der Waals surface area contributed by atoms with Gasteiger partial charge in [-0.25, -0.2) is 9.97 Å². The highest BCUT2D eigenvalue weighted by atomic mass is 16.1. The van der Waals surface area contributed by atoms with E-state index >= 15 is 0 Å². The van der Waals surface area contributed by atoms with Gasteiger partial charge in [-0.1, -0.05) is 6.07 Å². The maximum Gasteiger partial charge on any atom is 0.263 e. The molecule has 1 aliphatic heterocycles. The highest BCUT2D eigenvalue weighted by Crippen LogP contribution is 2.10. The van der Waals surface area contributed by atoms with Crippen molar-refractivity contribution in [2.45, 2.75) is 13.0 Å². The van der Waals surface area contributed by atoms with Gasteiger partial charge in [0.15, 0.2) is 5.65 Å². The predicted octanol–water partition coefficient (Wildman–Crippen LogP) is 1.99. The van der Waals surface area contributed by atoms with Crippen LogP contribution in [0.25, 0.3) is 23.2 Å². The summed E-state index contributed by atoms with van der Waals surface area (Å²) in [4.78, 5) is 31.0. The first-order chi connectivity index (χ1) is 14.2. The van der Waals surface area contributed by atoms with Crippen molar-refractivity contribution < 1.29 is 0 Å². The van der Waals surface area contributed by atoms with E-state index in [9.17, 15) is 4.79 Å². The third-order valence-electron chi connectivity index (χ3n) is 5.32. The van der Waals surface area contributed by atoms with Crippen LogP contribution in [-0.4, -0.2) is 69.1 Å². The molecule has 0 spiro atoms. The van der Waals surface area contributed by atoms with Crippen LogP contribution >= 0.6 is 0 Å². The van der Waals surface area contributed by atoms with Crippen molar-refractivity contribution in [1.29, 1.82) is 0 Å². The Hall–Kier alpha value is -2.90. The van der Waals surface area contributed by atoms with Crippen LogP contribution in [0.5, 0.6) is 0 Å². The van der Waals surface area contributed by atoms with Crippen molar-refractivity contribution in [2.75, 3.05) is 39.8 Å². The Kier molecular flexibility index (Phi) is 6.07. The molecule has 4 heterocycles. The maximum absolute atomic E-state index is 13.1. The molecule has 3 aromatic rings. The van der Waals surface area contributed by atoms with Gasteiger partial charge in [-0.15, -0.1) is 0 Å². The second kappa shape index (κ2) is 9.07. The molecule has 150 valence electrons. The minimum atomic E-state index is -0.0349. The van der Waals surface area contributed by atoms with Gasteiger partial charge in [-0.2, -0.15) is 0 Å². The van der Waals surface area contributed by atoms with Crippen LogP contribution in [0.1, 0.15) is 17.8 Å². The first-order valence-corrected chi connectivity index (χ1v) is 10.1. The zero-order chi connectivity index (χ0) is 20.1. The fourth-order valence-corrected chi connectivity index (χ4v) is 3.58. The number of nitrogens with zero attached hydrogens (tertiary/aromatic N) is 6. The van der Waals surface area contributed by atoms with Gasteiger partial charge < -0.3 is 9.80 Å². The molecular weight excluding hydrogens is 364 g/mol. The molecule has 7 nitrogen and oxygen atoms in total. The van der Waals surface area contributed by atoms with Gasteiger partial charge in [0.05, 0.1) is 5.39 Å². The molecule has 29 heavy (non-hydrogen) atoms. The van der Waals surface area contributed by atoms with E-state index in [2.05, 4.69) is 31.8 Å². The second-order valence-corrected chi connectivity index (χ2v) is 7.42. The first-order valence-electron chi connectivity index (χ1n) is 10.1. The largest absolute Gasteiger partial charge is 0.304 e. The van der Waals surface area contributed by atoms with Gasteiger partial charge in [0.1, 0.15) is 5.82 Å². The molecule has 0 amide bonds. The number of aromatic nitrogens is 4. The Bertz CT molecular complexity index is 1040. The smallest absolute Gasteiger partial charge is 0.263 e. The highest BCUT2D eigenvalue weighted by Gasteiger charge is 2.14. The minimum absolute atomic E-state index is 0.0349. The van der Waals surface area contributed by atoms with Crippen molar-refractivity contribution in [1.82, 2.24) is 29.3 Å². The summed E-state index contributed by atoms with van der Waals surface area (Å²) in [6.07, 6.45) is 9.91. The molecule has 7 heteroatoms. The van der Waals surface area contributed by atoms with Gasteiger partial charge in [0.2, 0.25) is 0 Å². The van der Waals surface area contributed by atoms with E-state index in [1.807, 2.05) is 24.3 Å². The standard InChI is InChI=1S/C22H26N6O/c1-26-13-15-27(16-14-26)11-4-12-28-20(8-7-18-5-2-9-23-17-18)25-21-19(22(28)29)6-3-10-24-21/h2-3,5-10,17H,4,11-16H2,1H3/b8-7+. The topological polar surface area (TPSA) is 67.2 Å². The molecule has 0 unspecified atom stereocenters. The summed E-state index contributed by atoms with van der Waals surface area (Å²) in [5.74, 6) is 0.628. The second-order valence-electron chi connectivity index (χ2n) is 7.42. The van der Waals surface area contributed by atoms with Crippen LogP contribution in [0.2, 0.25) is 0 Å². The molecule has 0 saturated carbocycles. The summed E-state index contributed by atoms with van der Waals surface area (Å²) in [6, 6.07) is 7.44. The number of pyridine rings is 2. The molecule has 0 bridgehead atoms. The van der Waals surface area contributed by atoms with Crippen LogP contribution in [0.4, 0.5) is 0 Å². The summed E-state index contributed by atoms with van der Waals surface area (Å²) >= 11 is 0. The summed E-state index contributed by atoms with van der Waals surface area (Å²) in [5, 5.41) is 0.561. The predicted molar refractivity (Wildman–Crippen MR) is 116 cm³/mol. The molecule has 0 aromatic carbocycles. The third-order valence-corrected chi connectivity index (χ3v) is 5.32. The van der Waals surface area contributed by atoms with Gasteiger partial charge >= 0.3 is 0 Å². The highest BCUT2D eigenvalue weighted by molar-refractivity contribution is 5.75. The van der Waals surface area contributed by atoms with Crippen molar-refractivity contribution in [2.24, 2.45) is 0 Å². The third kappa shape index (κ3) is 4.75. The van der Waals surface area contributed by atoms with E-state index in [4.69, 9.17) is 0 Å². The number of hydrogen-bond donors (Lipinski definition) is 0. The zero-order valence-corrected chi connectivity index (χ0v) is 16.7. The van der Waals surface area contributed by atoms with Crippen LogP contribution in [0.15, 0.2) is 47.7 Å². The maximum atomic E-state index is 13.1. The van der Waals surface area contributed by atoms with Gasteiger partial charge in [-0.3, -0.25) is 14.3 Å². The summed E-state index contributed by atoms with van der Waals surface area (Å²) < 4.78 is 1.77. The van der Waals surface area contributed by atoms with Crippen LogP contribution in [0.3, 0.4) is 0 Å². The van der Waals surface area contributed by atoms with E-state index < -0.39 is 0 Å². The Morgan fingerprint density at radius 2 is 1.86 bits per heavy atom.